The Morgan fingerprint density at radius 2 is 2.06 bits per heavy atom. The van der Waals surface area contributed by atoms with E-state index in [-0.39, 0.29) is 18.7 Å². The number of carboxylic acids is 1. The third-order valence-corrected chi connectivity index (χ3v) is 2.18. The van der Waals surface area contributed by atoms with Crippen molar-refractivity contribution in [2.45, 2.75) is 6.42 Å². The first-order valence-corrected chi connectivity index (χ1v) is 5.09. The van der Waals surface area contributed by atoms with Gasteiger partial charge in [0.2, 0.25) is 0 Å². The van der Waals surface area contributed by atoms with Crippen molar-refractivity contribution in [2.24, 2.45) is 0 Å². The van der Waals surface area contributed by atoms with Gasteiger partial charge in [-0.3, -0.25) is 4.79 Å². The summed E-state index contributed by atoms with van der Waals surface area (Å²) in [5, 5.41) is 10.6. The Hall–Kier alpha value is -2.18. The largest absolute Gasteiger partial charge is 0.481 e. The SMILES string of the molecule is CN(CCC(=O)O)C(=O)Nc1cc(F)ccc1F. The minimum atomic E-state index is -1.05. The van der Waals surface area contributed by atoms with E-state index < -0.39 is 23.6 Å². The number of anilines is 1. The maximum Gasteiger partial charge on any atom is 0.321 e. The van der Waals surface area contributed by atoms with Gasteiger partial charge >= 0.3 is 12.0 Å². The molecule has 0 fully saturated rings. The molecule has 0 aliphatic rings. The standard InChI is InChI=1S/C11H12F2N2O3/c1-15(5-4-10(16)17)11(18)14-9-6-7(12)2-3-8(9)13/h2-3,6H,4-5H2,1H3,(H,14,18)(H,16,17). The molecule has 18 heavy (non-hydrogen) atoms. The van der Waals surface area contributed by atoms with Crippen LogP contribution < -0.4 is 5.32 Å². The van der Waals surface area contributed by atoms with Crippen LogP contribution in [0.2, 0.25) is 0 Å². The highest BCUT2D eigenvalue weighted by molar-refractivity contribution is 5.89. The molecule has 0 aliphatic carbocycles. The van der Waals surface area contributed by atoms with E-state index in [0.29, 0.717) is 0 Å². The fourth-order valence-electron chi connectivity index (χ4n) is 1.17. The molecule has 5 nitrogen and oxygen atoms in total. The summed E-state index contributed by atoms with van der Waals surface area (Å²) in [6.07, 6.45) is -0.227. The van der Waals surface area contributed by atoms with Crippen molar-refractivity contribution < 1.29 is 23.5 Å². The fourth-order valence-corrected chi connectivity index (χ4v) is 1.17. The first-order valence-electron chi connectivity index (χ1n) is 5.09. The molecule has 0 aliphatic heterocycles. The van der Waals surface area contributed by atoms with Crippen molar-refractivity contribution in [3.05, 3.63) is 29.8 Å². The smallest absolute Gasteiger partial charge is 0.321 e. The molecule has 2 N–H and O–H groups in total. The summed E-state index contributed by atoms with van der Waals surface area (Å²) >= 11 is 0. The number of amides is 2. The summed E-state index contributed by atoms with van der Waals surface area (Å²) in [7, 11) is 1.36. The van der Waals surface area contributed by atoms with Gasteiger partial charge in [0.25, 0.3) is 0 Å². The van der Waals surface area contributed by atoms with Crippen molar-refractivity contribution in [1.82, 2.24) is 4.90 Å². The lowest BCUT2D eigenvalue weighted by atomic mass is 10.3. The van der Waals surface area contributed by atoms with Gasteiger partial charge in [0.1, 0.15) is 11.6 Å². The Morgan fingerprint density at radius 1 is 1.39 bits per heavy atom. The van der Waals surface area contributed by atoms with Gasteiger partial charge in [0.05, 0.1) is 12.1 Å². The van der Waals surface area contributed by atoms with Crippen molar-refractivity contribution in [3.63, 3.8) is 0 Å². The highest BCUT2D eigenvalue weighted by Crippen LogP contribution is 2.15. The number of halogens is 2. The lowest BCUT2D eigenvalue weighted by Gasteiger charge is -2.17. The molecule has 0 heterocycles. The molecule has 0 saturated carbocycles. The Balaban J connectivity index is 2.63. The number of nitrogens with one attached hydrogen (secondary N) is 1. The minimum absolute atomic E-state index is 0.0297. The van der Waals surface area contributed by atoms with Gasteiger partial charge in [0.15, 0.2) is 0 Å². The number of hydrogen-bond donors (Lipinski definition) is 2. The normalized spacial score (nSPS) is 9.94. The zero-order chi connectivity index (χ0) is 13.7. The predicted molar refractivity (Wildman–Crippen MR) is 60.3 cm³/mol. The predicted octanol–water partition coefficient (Wildman–Crippen LogP) is 1.90. The molecular weight excluding hydrogens is 246 g/mol. The van der Waals surface area contributed by atoms with Crippen LogP contribution in [0.25, 0.3) is 0 Å². The van der Waals surface area contributed by atoms with E-state index in [4.69, 9.17) is 5.11 Å². The monoisotopic (exact) mass is 258 g/mol. The van der Waals surface area contributed by atoms with Gasteiger partial charge < -0.3 is 15.3 Å². The number of benzene rings is 1. The zero-order valence-electron chi connectivity index (χ0n) is 9.61. The molecule has 0 atom stereocenters. The first kappa shape index (κ1) is 13.9. The van der Waals surface area contributed by atoms with Gasteiger partial charge in [-0.1, -0.05) is 0 Å². The molecule has 0 unspecified atom stereocenters. The van der Waals surface area contributed by atoms with Crippen molar-refractivity contribution in [1.29, 1.82) is 0 Å². The second-order valence-electron chi connectivity index (χ2n) is 3.62. The molecule has 0 radical (unpaired) electrons. The molecule has 1 aromatic carbocycles. The summed E-state index contributed by atoms with van der Waals surface area (Å²) < 4.78 is 26.1. The third-order valence-electron chi connectivity index (χ3n) is 2.18. The second kappa shape index (κ2) is 5.95. The van der Waals surface area contributed by atoms with Crippen LogP contribution >= 0.6 is 0 Å². The number of carbonyl (C=O) groups is 2. The van der Waals surface area contributed by atoms with Crippen molar-refractivity contribution in [3.8, 4) is 0 Å². The molecular formula is C11H12F2N2O3. The molecule has 1 rings (SSSR count). The zero-order valence-corrected chi connectivity index (χ0v) is 9.61. The number of carboxylic acid groups (broad SMARTS) is 1. The van der Waals surface area contributed by atoms with Crippen molar-refractivity contribution in [2.75, 3.05) is 18.9 Å². The fraction of sp³-hybridized carbons (Fsp3) is 0.273. The summed E-state index contributed by atoms with van der Waals surface area (Å²) in [5.41, 5.74) is -0.290. The maximum absolute atomic E-state index is 13.2. The number of nitrogens with zero attached hydrogens (tertiary/aromatic N) is 1. The molecule has 0 saturated heterocycles. The number of aliphatic carboxylic acids is 1. The summed E-state index contributed by atoms with van der Waals surface area (Å²) in [5.74, 6) is -2.50. The van der Waals surface area contributed by atoms with Gasteiger partial charge in [-0.15, -0.1) is 0 Å². The van der Waals surface area contributed by atoms with Gasteiger partial charge in [-0.2, -0.15) is 0 Å². The second-order valence-corrected chi connectivity index (χ2v) is 3.62. The number of carbonyl (C=O) groups excluding carboxylic acids is 1. The number of hydrogen-bond acceptors (Lipinski definition) is 2. The van der Waals surface area contributed by atoms with Gasteiger partial charge in [0, 0.05) is 19.7 Å². The molecule has 2 amide bonds. The highest BCUT2D eigenvalue weighted by Gasteiger charge is 2.13. The van der Waals surface area contributed by atoms with E-state index in [0.717, 1.165) is 23.1 Å². The minimum Gasteiger partial charge on any atom is -0.481 e. The Kier molecular flexibility index (Phi) is 4.59. The van der Waals surface area contributed by atoms with Gasteiger partial charge in [-0.05, 0) is 12.1 Å². The van der Waals surface area contributed by atoms with E-state index >= 15 is 0 Å². The lowest BCUT2D eigenvalue weighted by Crippen LogP contribution is -2.33. The number of rotatable bonds is 4. The summed E-state index contributed by atoms with van der Waals surface area (Å²) in [6, 6.07) is 1.96. The first-order chi connectivity index (χ1) is 8.40. The van der Waals surface area contributed by atoms with E-state index in [1.807, 2.05) is 0 Å². The van der Waals surface area contributed by atoms with E-state index in [9.17, 15) is 18.4 Å². The van der Waals surface area contributed by atoms with Crippen LogP contribution in [0.3, 0.4) is 0 Å². The topological polar surface area (TPSA) is 69.6 Å². The average molecular weight is 258 g/mol. The van der Waals surface area contributed by atoms with Crippen LogP contribution in [0, 0.1) is 11.6 Å². The van der Waals surface area contributed by atoms with Crippen LogP contribution in [-0.2, 0) is 4.79 Å². The molecule has 1 aromatic rings. The van der Waals surface area contributed by atoms with E-state index in [2.05, 4.69) is 5.32 Å². The van der Waals surface area contributed by atoms with Crippen molar-refractivity contribution >= 4 is 17.7 Å². The Labute approximate surface area is 102 Å². The number of urea groups is 1. The van der Waals surface area contributed by atoms with E-state index in [1.54, 1.807) is 0 Å². The maximum atomic E-state index is 13.2. The molecule has 0 spiro atoms. The molecule has 98 valence electrons. The molecule has 0 aromatic heterocycles. The van der Waals surface area contributed by atoms with E-state index in [1.165, 1.54) is 7.05 Å². The summed E-state index contributed by atoms with van der Waals surface area (Å²) in [4.78, 5) is 22.9. The van der Waals surface area contributed by atoms with Crippen LogP contribution in [0.15, 0.2) is 18.2 Å². The summed E-state index contributed by atoms with van der Waals surface area (Å²) in [6.45, 7) is -0.0297. The van der Waals surface area contributed by atoms with Gasteiger partial charge in [-0.25, -0.2) is 13.6 Å². The lowest BCUT2D eigenvalue weighted by molar-refractivity contribution is -0.137. The third kappa shape index (κ3) is 4.00. The quantitative estimate of drug-likeness (QED) is 0.866. The van der Waals surface area contributed by atoms with Crippen LogP contribution in [0.5, 0.6) is 0 Å². The van der Waals surface area contributed by atoms with Crippen LogP contribution in [-0.4, -0.2) is 35.6 Å². The Morgan fingerprint density at radius 3 is 2.67 bits per heavy atom. The molecule has 0 bridgehead atoms. The highest BCUT2D eigenvalue weighted by atomic mass is 19.1. The average Bonchev–Trinajstić information content (AvgIpc) is 2.30. The van der Waals surface area contributed by atoms with Crippen LogP contribution in [0.4, 0.5) is 19.3 Å². The van der Waals surface area contributed by atoms with Crippen LogP contribution in [0.1, 0.15) is 6.42 Å². The Bertz CT molecular complexity index is 466. The molecule has 7 heteroatoms.